The molecular weight excluding hydrogens is 284 g/mol. The molecule has 7 nitrogen and oxygen atoms in total. The van der Waals surface area contributed by atoms with Crippen LogP contribution in [0, 0.1) is 0 Å². The lowest BCUT2D eigenvalue weighted by Crippen LogP contribution is -2.55. The highest BCUT2D eigenvalue weighted by atomic mass is 32.2. The molecule has 1 amide bonds. The summed E-state index contributed by atoms with van der Waals surface area (Å²) < 4.78 is 22.9. The maximum atomic E-state index is 12.0. The normalized spacial score (nSPS) is 25.6. The van der Waals surface area contributed by atoms with Gasteiger partial charge in [-0.3, -0.25) is 14.5 Å². The van der Waals surface area contributed by atoms with Gasteiger partial charge in [0.15, 0.2) is 9.84 Å². The summed E-state index contributed by atoms with van der Waals surface area (Å²) in [5, 5.41) is 11.8. The number of carboxylic acids is 1. The molecule has 0 bridgehead atoms. The number of nitrogens with zero attached hydrogens (tertiary/aromatic N) is 1. The highest BCUT2D eigenvalue weighted by Gasteiger charge is 2.40. The summed E-state index contributed by atoms with van der Waals surface area (Å²) in [6, 6.07) is 0. The Labute approximate surface area is 119 Å². The van der Waals surface area contributed by atoms with Gasteiger partial charge in [-0.1, -0.05) is 0 Å². The highest BCUT2D eigenvalue weighted by molar-refractivity contribution is 7.91. The number of sulfone groups is 1. The fourth-order valence-electron chi connectivity index (χ4n) is 2.06. The van der Waals surface area contributed by atoms with Crippen LogP contribution in [0.2, 0.25) is 0 Å². The monoisotopic (exact) mass is 306 g/mol. The van der Waals surface area contributed by atoms with Crippen LogP contribution in [0.15, 0.2) is 0 Å². The van der Waals surface area contributed by atoms with Gasteiger partial charge in [-0.2, -0.15) is 0 Å². The fraction of sp³-hybridized carbons (Fsp3) is 0.833. The van der Waals surface area contributed by atoms with Crippen molar-refractivity contribution in [2.75, 3.05) is 25.1 Å². The predicted molar refractivity (Wildman–Crippen MR) is 74.2 cm³/mol. The van der Waals surface area contributed by atoms with Gasteiger partial charge in [-0.25, -0.2) is 8.42 Å². The average molecular weight is 306 g/mol. The first-order valence-electron chi connectivity index (χ1n) is 6.34. The number of rotatable bonds is 5. The van der Waals surface area contributed by atoms with Crippen LogP contribution in [0.3, 0.4) is 0 Å². The number of amides is 1. The summed E-state index contributed by atoms with van der Waals surface area (Å²) in [6.07, 6.45) is 0.382. The van der Waals surface area contributed by atoms with Crippen LogP contribution in [0.1, 0.15) is 27.2 Å². The number of aliphatic carboxylic acids is 1. The Morgan fingerprint density at radius 1 is 1.40 bits per heavy atom. The first kappa shape index (κ1) is 16.9. The van der Waals surface area contributed by atoms with Crippen molar-refractivity contribution in [1.82, 2.24) is 10.2 Å². The minimum Gasteiger partial charge on any atom is -0.480 e. The van der Waals surface area contributed by atoms with Crippen LogP contribution in [0.25, 0.3) is 0 Å². The zero-order chi connectivity index (χ0) is 15.8. The fourth-order valence-corrected chi connectivity index (χ4v) is 4.15. The smallest absolute Gasteiger partial charge is 0.323 e. The van der Waals surface area contributed by atoms with Gasteiger partial charge in [0.25, 0.3) is 0 Å². The van der Waals surface area contributed by atoms with Gasteiger partial charge >= 0.3 is 5.97 Å². The van der Waals surface area contributed by atoms with E-state index >= 15 is 0 Å². The molecular formula is C12H22N2O5S. The van der Waals surface area contributed by atoms with E-state index in [1.807, 2.05) is 0 Å². The molecule has 1 atom stereocenters. The van der Waals surface area contributed by atoms with Crippen molar-refractivity contribution in [3.8, 4) is 0 Å². The molecule has 0 radical (unpaired) electrons. The number of hydrogen-bond acceptors (Lipinski definition) is 5. The van der Waals surface area contributed by atoms with Crippen LogP contribution in [-0.2, 0) is 19.4 Å². The Morgan fingerprint density at radius 2 is 1.95 bits per heavy atom. The third-order valence-electron chi connectivity index (χ3n) is 3.80. The average Bonchev–Trinajstić information content (AvgIpc) is 2.51. The van der Waals surface area contributed by atoms with Gasteiger partial charge in [0, 0.05) is 0 Å². The zero-order valence-corrected chi connectivity index (χ0v) is 13.1. The van der Waals surface area contributed by atoms with Crippen LogP contribution in [0.5, 0.6) is 0 Å². The Kier molecular flexibility index (Phi) is 4.50. The number of carboxylic acid groups (broad SMARTS) is 1. The van der Waals surface area contributed by atoms with Gasteiger partial charge < -0.3 is 10.4 Å². The van der Waals surface area contributed by atoms with E-state index in [-0.39, 0.29) is 24.0 Å². The zero-order valence-electron chi connectivity index (χ0n) is 12.3. The first-order valence-corrected chi connectivity index (χ1v) is 8.16. The van der Waals surface area contributed by atoms with E-state index in [1.165, 1.54) is 18.7 Å². The molecule has 0 saturated carbocycles. The van der Waals surface area contributed by atoms with Crippen molar-refractivity contribution in [1.29, 1.82) is 0 Å². The molecule has 1 aliphatic rings. The van der Waals surface area contributed by atoms with Crippen LogP contribution in [-0.4, -0.2) is 66.5 Å². The number of carbonyl (C=O) groups is 2. The quantitative estimate of drug-likeness (QED) is 0.708. The SMILES string of the molecule is CN(CC(=O)NC1(C)CCS(=O)(=O)C1)C(C)(C)C(=O)O. The maximum absolute atomic E-state index is 12.0. The number of carbonyl (C=O) groups excluding carboxylic acids is 1. The molecule has 1 saturated heterocycles. The van der Waals surface area contributed by atoms with Gasteiger partial charge in [0.2, 0.25) is 5.91 Å². The van der Waals surface area contributed by atoms with Crippen molar-refractivity contribution in [3.63, 3.8) is 0 Å². The highest BCUT2D eigenvalue weighted by Crippen LogP contribution is 2.22. The molecule has 0 aromatic rings. The van der Waals surface area contributed by atoms with Crippen molar-refractivity contribution >= 4 is 21.7 Å². The topological polar surface area (TPSA) is 104 Å². The standard InChI is InChI=1S/C12H22N2O5S/c1-11(2,10(16)17)14(4)7-9(15)13-12(3)5-6-20(18,19)8-12/h5-8H2,1-4H3,(H,13,15)(H,16,17). The van der Waals surface area contributed by atoms with Crippen molar-refractivity contribution in [2.45, 2.75) is 38.3 Å². The minimum atomic E-state index is -3.09. The molecule has 8 heteroatoms. The van der Waals surface area contributed by atoms with E-state index in [2.05, 4.69) is 5.32 Å². The summed E-state index contributed by atoms with van der Waals surface area (Å²) in [5.74, 6) is -1.40. The lowest BCUT2D eigenvalue weighted by atomic mass is 10.0. The van der Waals surface area contributed by atoms with Gasteiger partial charge in [-0.05, 0) is 34.2 Å². The third kappa shape index (κ3) is 3.92. The van der Waals surface area contributed by atoms with E-state index in [0.29, 0.717) is 6.42 Å². The van der Waals surface area contributed by atoms with Crippen LogP contribution in [0.4, 0.5) is 0 Å². The molecule has 116 valence electrons. The molecule has 0 aromatic heterocycles. The van der Waals surface area contributed by atoms with Crippen LogP contribution < -0.4 is 5.32 Å². The van der Waals surface area contributed by atoms with Crippen molar-refractivity contribution in [2.24, 2.45) is 0 Å². The van der Waals surface area contributed by atoms with Gasteiger partial charge in [-0.15, -0.1) is 0 Å². The lowest BCUT2D eigenvalue weighted by molar-refractivity contribution is -0.149. The third-order valence-corrected chi connectivity index (χ3v) is 5.71. The summed E-state index contributed by atoms with van der Waals surface area (Å²) in [4.78, 5) is 24.5. The molecule has 0 spiro atoms. The molecule has 0 aromatic carbocycles. The van der Waals surface area contributed by atoms with Crippen molar-refractivity contribution < 1.29 is 23.1 Å². The Bertz CT molecular complexity index is 514. The summed E-state index contributed by atoms with van der Waals surface area (Å²) in [7, 11) is -1.55. The largest absolute Gasteiger partial charge is 0.480 e. The predicted octanol–water partition coefficient (Wildman–Crippen LogP) is -0.525. The molecule has 1 heterocycles. The second-order valence-electron chi connectivity index (χ2n) is 6.17. The number of hydrogen-bond donors (Lipinski definition) is 2. The van der Waals surface area contributed by atoms with Gasteiger partial charge in [0.05, 0.1) is 23.6 Å². The molecule has 1 fully saturated rings. The summed E-state index contributed by atoms with van der Waals surface area (Å²) in [5.41, 5.74) is -1.93. The van der Waals surface area contributed by atoms with Crippen molar-refractivity contribution in [3.05, 3.63) is 0 Å². The molecule has 0 aliphatic carbocycles. The molecule has 1 rings (SSSR count). The first-order chi connectivity index (χ1) is 8.88. The van der Waals surface area contributed by atoms with Gasteiger partial charge in [0.1, 0.15) is 5.54 Å². The summed E-state index contributed by atoms with van der Waals surface area (Å²) in [6.45, 7) is 4.60. The Morgan fingerprint density at radius 3 is 2.35 bits per heavy atom. The second kappa shape index (κ2) is 5.33. The molecule has 1 aliphatic heterocycles. The van der Waals surface area contributed by atoms with E-state index in [9.17, 15) is 18.0 Å². The molecule has 2 N–H and O–H groups in total. The minimum absolute atomic E-state index is 0.0697. The van der Waals surface area contributed by atoms with E-state index in [0.717, 1.165) is 0 Å². The maximum Gasteiger partial charge on any atom is 0.323 e. The van der Waals surface area contributed by atoms with E-state index < -0.39 is 26.9 Å². The summed E-state index contributed by atoms with van der Waals surface area (Å²) >= 11 is 0. The lowest BCUT2D eigenvalue weighted by Gasteiger charge is -2.32. The van der Waals surface area contributed by atoms with Crippen LogP contribution >= 0.6 is 0 Å². The number of likely N-dealkylation sites (N-methyl/N-ethyl adjacent to an activating group) is 1. The van der Waals surface area contributed by atoms with E-state index in [1.54, 1.807) is 14.0 Å². The second-order valence-corrected chi connectivity index (χ2v) is 8.36. The van der Waals surface area contributed by atoms with E-state index in [4.69, 9.17) is 5.11 Å². The number of nitrogens with one attached hydrogen (secondary N) is 1. The molecule has 1 unspecified atom stereocenters. The Hall–Kier alpha value is -1.15. The Balaban J connectivity index is 2.63. The molecule has 20 heavy (non-hydrogen) atoms.